The Morgan fingerprint density at radius 3 is 2.38 bits per heavy atom. The number of carbonyl (C=O) groups is 2. The molecule has 0 spiro atoms. The predicted molar refractivity (Wildman–Crippen MR) is 115 cm³/mol. The number of benzene rings is 3. The summed E-state index contributed by atoms with van der Waals surface area (Å²) in [6.07, 6.45) is 0.507. The van der Waals surface area contributed by atoms with E-state index in [9.17, 15) is 18.4 Å². The maximum atomic E-state index is 13.8. The third kappa shape index (κ3) is 3.44. The summed E-state index contributed by atoms with van der Waals surface area (Å²) in [6, 6.07) is 12.6. The predicted octanol–water partition coefficient (Wildman–Crippen LogP) is 3.77. The Bertz CT molecular complexity index is 1270. The monoisotopic (exact) mass is 434 g/mol. The second-order valence-electron chi connectivity index (χ2n) is 8.00. The van der Waals surface area contributed by atoms with E-state index in [0.717, 1.165) is 34.4 Å². The summed E-state index contributed by atoms with van der Waals surface area (Å²) in [4.78, 5) is 26.9. The van der Waals surface area contributed by atoms with Crippen molar-refractivity contribution in [1.29, 1.82) is 0 Å². The maximum Gasteiger partial charge on any atom is 0.254 e. The molecule has 0 atom stereocenters. The van der Waals surface area contributed by atoms with Crippen molar-refractivity contribution in [2.24, 2.45) is 5.73 Å². The zero-order valence-electron chi connectivity index (χ0n) is 17.2. The molecule has 0 radical (unpaired) electrons. The van der Waals surface area contributed by atoms with E-state index < -0.39 is 17.5 Å². The lowest BCUT2D eigenvalue weighted by atomic mass is 9.93. The van der Waals surface area contributed by atoms with Crippen LogP contribution in [0.25, 0.3) is 22.3 Å². The molecule has 1 saturated heterocycles. The summed E-state index contributed by atoms with van der Waals surface area (Å²) in [6.45, 7) is 2.11. The van der Waals surface area contributed by atoms with Crippen molar-refractivity contribution in [1.82, 2.24) is 4.90 Å². The van der Waals surface area contributed by atoms with Crippen molar-refractivity contribution >= 4 is 11.8 Å². The molecule has 2 amide bonds. The molecule has 0 saturated carbocycles. The second kappa shape index (κ2) is 7.84. The van der Waals surface area contributed by atoms with Gasteiger partial charge >= 0.3 is 0 Å². The third-order valence-corrected chi connectivity index (χ3v) is 6.08. The van der Waals surface area contributed by atoms with Gasteiger partial charge < -0.3 is 15.4 Å². The minimum atomic E-state index is -0.970. The van der Waals surface area contributed by atoms with E-state index in [1.807, 2.05) is 18.2 Å². The van der Waals surface area contributed by atoms with Gasteiger partial charge in [0.1, 0.15) is 0 Å². The summed E-state index contributed by atoms with van der Waals surface area (Å²) in [5.41, 5.74) is 10.9. The smallest absolute Gasteiger partial charge is 0.254 e. The summed E-state index contributed by atoms with van der Waals surface area (Å²) in [5, 5.41) is 0. The Kier molecular flexibility index (Phi) is 4.98. The normalized spacial score (nSPS) is 14.8. The first-order chi connectivity index (χ1) is 15.4. The first-order valence-corrected chi connectivity index (χ1v) is 10.3. The first kappa shape index (κ1) is 20.3. The number of amides is 2. The number of hydrogen-bond donors (Lipinski definition) is 1. The molecule has 162 valence electrons. The summed E-state index contributed by atoms with van der Waals surface area (Å²) >= 11 is 0. The van der Waals surface area contributed by atoms with E-state index in [1.165, 1.54) is 6.07 Å². The quantitative estimate of drug-likeness (QED) is 0.534. The van der Waals surface area contributed by atoms with Gasteiger partial charge in [-0.25, -0.2) is 8.78 Å². The number of hydrogen-bond acceptors (Lipinski definition) is 3. The van der Waals surface area contributed by atoms with Crippen LogP contribution >= 0.6 is 0 Å². The Morgan fingerprint density at radius 1 is 0.875 bits per heavy atom. The number of halogens is 2. The standard InChI is InChI=1S/C25H20F2N2O3/c26-22-4-3-14(13-23(22)27)17-11-19-18-10-16(25(31)29-5-7-32-8-6-29)2-1-15(18)9-20(19)21(12-17)24(28)30/h1-4,10-13H,5-9H2,(H2,28,30). The second-order valence-corrected chi connectivity index (χ2v) is 8.00. The Morgan fingerprint density at radius 2 is 1.66 bits per heavy atom. The lowest BCUT2D eigenvalue weighted by molar-refractivity contribution is 0.0303. The van der Waals surface area contributed by atoms with Crippen LogP contribution in [0.1, 0.15) is 31.8 Å². The highest BCUT2D eigenvalue weighted by atomic mass is 19.2. The molecule has 32 heavy (non-hydrogen) atoms. The molecule has 7 heteroatoms. The van der Waals surface area contributed by atoms with Crippen LogP contribution < -0.4 is 5.73 Å². The molecule has 1 fully saturated rings. The zero-order chi connectivity index (χ0) is 22.4. The van der Waals surface area contributed by atoms with Gasteiger partial charge in [-0.05, 0) is 76.2 Å². The highest BCUT2D eigenvalue weighted by Crippen LogP contribution is 2.41. The van der Waals surface area contributed by atoms with Gasteiger partial charge in [-0.1, -0.05) is 12.1 Å². The number of ether oxygens (including phenoxy) is 1. The molecule has 0 bridgehead atoms. The van der Waals surface area contributed by atoms with Crippen LogP contribution in [-0.2, 0) is 11.2 Å². The van der Waals surface area contributed by atoms with Crippen LogP contribution in [0.15, 0.2) is 48.5 Å². The average Bonchev–Trinajstić information content (AvgIpc) is 3.18. The third-order valence-electron chi connectivity index (χ3n) is 6.08. The van der Waals surface area contributed by atoms with E-state index >= 15 is 0 Å². The lowest BCUT2D eigenvalue weighted by Crippen LogP contribution is -2.40. The first-order valence-electron chi connectivity index (χ1n) is 10.3. The number of morpholine rings is 1. The van der Waals surface area contributed by atoms with Gasteiger partial charge in [0.15, 0.2) is 11.6 Å². The highest BCUT2D eigenvalue weighted by Gasteiger charge is 2.27. The molecule has 1 aliphatic carbocycles. The van der Waals surface area contributed by atoms with Gasteiger partial charge in [0.2, 0.25) is 5.91 Å². The number of nitrogens with two attached hydrogens (primary N) is 1. The molecule has 3 aromatic rings. The van der Waals surface area contributed by atoms with Crippen molar-refractivity contribution < 1.29 is 23.1 Å². The van der Waals surface area contributed by atoms with Crippen molar-refractivity contribution in [3.8, 4) is 22.3 Å². The minimum Gasteiger partial charge on any atom is -0.378 e. The fourth-order valence-electron chi connectivity index (χ4n) is 4.42. The molecule has 1 heterocycles. The van der Waals surface area contributed by atoms with Crippen molar-refractivity contribution in [3.05, 3.63) is 82.4 Å². The number of primary amides is 1. The van der Waals surface area contributed by atoms with Crippen LogP contribution in [0.5, 0.6) is 0 Å². The van der Waals surface area contributed by atoms with Gasteiger partial charge in [-0.2, -0.15) is 0 Å². The lowest BCUT2D eigenvalue weighted by Gasteiger charge is -2.27. The summed E-state index contributed by atoms with van der Waals surface area (Å²) < 4.78 is 32.6. The number of carbonyl (C=O) groups excluding carboxylic acids is 2. The number of fused-ring (bicyclic) bond motifs is 3. The van der Waals surface area contributed by atoms with Gasteiger partial charge in [0.05, 0.1) is 13.2 Å². The topological polar surface area (TPSA) is 72.6 Å². The summed E-state index contributed by atoms with van der Waals surface area (Å²) in [7, 11) is 0. The van der Waals surface area contributed by atoms with Crippen LogP contribution in [0.4, 0.5) is 8.78 Å². The molecule has 0 aromatic heterocycles. The van der Waals surface area contributed by atoms with E-state index in [4.69, 9.17) is 10.5 Å². The van der Waals surface area contributed by atoms with Gasteiger partial charge in [-0.15, -0.1) is 0 Å². The van der Waals surface area contributed by atoms with Crippen molar-refractivity contribution in [2.45, 2.75) is 6.42 Å². The van der Waals surface area contributed by atoms with Crippen LogP contribution in [0, 0.1) is 11.6 Å². The Labute approximate surface area is 183 Å². The zero-order valence-corrected chi connectivity index (χ0v) is 17.2. The molecule has 3 aromatic carbocycles. The van der Waals surface area contributed by atoms with E-state index in [2.05, 4.69) is 0 Å². The van der Waals surface area contributed by atoms with Crippen LogP contribution in [0.3, 0.4) is 0 Å². The number of rotatable bonds is 3. The van der Waals surface area contributed by atoms with Crippen LogP contribution in [0.2, 0.25) is 0 Å². The fourth-order valence-corrected chi connectivity index (χ4v) is 4.42. The fraction of sp³-hybridized carbons (Fsp3) is 0.200. The van der Waals surface area contributed by atoms with Crippen LogP contribution in [-0.4, -0.2) is 43.0 Å². The highest BCUT2D eigenvalue weighted by molar-refractivity contribution is 6.01. The molecule has 5 rings (SSSR count). The van der Waals surface area contributed by atoms with Crippen molar-refractivity contribution in [2.75, 3.05) is 26.3 Å². The molecular formula is C25H20F2N2O3. The van der Waals surface area contributed by atoms with Gasteiger partial charge in [-0.3, -0.25) is 9.59 Å². The van der Waals surface area contributed by atoms with E-state index in [0.29, 0.717) is 55.0 Å². The minimum absolute atomic E-state index is 0.0727. The van der Waals surface area contributed by atoms with Gasteiger partial charge in [0.25, 0.3) is 5.91 Å². The number of nitrogens with zero attached hydrogens (tertiary/aromatic N) is 1. The SMILES string of the molecule is NC(=O)c1cc(-c2ccc(F)c(F)c2)cc2c1Cc1ccc(C(=O)N3CCOCC3)cc1-2. The van der Waals surface area contributed by atoms with Gasteiger partial charge in [0, 0.05) is 24.2 Å². The van der Waals surface area contributed by atoms with E-state index in [1.54, 1.807) is 17.0 Å². The molecule has 2 N–H and O–H groups in total. The molecule has 5 nitrogen and oxygen atoms in total. The average molecular weight is 434 g/mol. The molecule has 0 unspecified atom stereocenters. The summed E-state index contributed by atoms with van der Waals surface area (Å²) in [5.74, 6) is -2.58. The molecule has 1 aliphatic heterocycles. The van der Waals surface area contributed by atoms with Crippen molar-refractivity contribution in [3.63, 3.8) is 0 Å². The Hall–Kier alpha value is -3.58. The largest absolute Gasteiger partial charge is 0.378 e. The molecule has 2 aliphatic rings. The van der Waals surface area contributed by atoms with E-state index in [-0.39, 0.29) is 5.91 Å². The maximum absolute atomic E-state index is 13.8. The Balaban J connectivity index is 1.61. The molecular weight excluding hydrogens is 414 g/mol.